The van der Waals surface area contributed by atoms with Crippen molar-refractivity contribution in [1.29, 1.82) is 0 Å². The molecule has 1 saturated heterocycles. The topological polar surface area (TPSA) is 167 Å². The maximum absolute atomic E-state index is 12.7. The smallest absolute Gasteiger partial charge is 0.418 e. The molecule has 1 aromatic heterocycles. The fourth-order valence-corrected chi connectivity index (χ4v) is 4.46. The van der Waals surface area contributed by atoms with Crippen LogP contribution in [0.3, 0.4) is 0 Å². The third-order valence-corrected chi connectivity index (χ3v) is 5.76. The maximum atomic E-state index is 12.7. The second-order valence-corrected chi connectivity index (χ2v) is 10.2. The summed E-state index contributed by atoms with van der Waals surface area (Å²) in [7, 11) is -4.90. The Balaban J connectivity index is 1.63. The molecule has 0 aromatic carbocycles. The molecule has 15 heteroatoms. The highest BCUT2D eigenvalue weighted by atomic mass is 32.3. The molecule has 0 aliphatic carbocycles. The van der Waals surface area contributed by atoms with Crippen LogP contribution < -0.4 is 10.6 Å². The largest absolute Gasteiger partial charge is 0.444 e. The van der Waals surface area contributed by atoms with E-state index in [1.165, 1.54) is 16.2 Å². The van der Waals surface area contributed by atoms with Gasteiger partial charge in [-0.05, 0) is 26.8 Å². The lowest BCUT2D eigenvalue weighted by molar-refractivity contribution is -0.121. The van der Waals surface area contributed by atoms with Gasteiger partial charge in [0, 0.05) is 43.2 Å². The first-order valence-electron chi connectivity index (χ1n) is 9.96. The summed E-state index contributed by atoms with van der Waals surface area (Å²) < 4.78 is 40.8. The Bertz CT molecular complexity index is 1030. The van der Waals surface area contributed by atoms with Crippen molar-refractivity contribution in [2.45, 2.75) is 44.9 Å². The van der Waals surface area contributed by atoms with E-state index >= 15 is 0 Å². The molecular weight excluding hydrogens is 478 g/mol. The fraction of sp³-hybridized carbons (Fsp3) is 0.556. The number of thiazole rings is 1. The SMILES string of the molecule is CC(C)(C)OC(=O)NCCC(=O)NC[C@@H]1C(c2nccs2)=C[C@@H]2CN1C(=O)N2OS(=O)(=O)O. The predicted molar refractivity (Wildman–Crippen MR) is 116 cm³/mol. The van der Waals surface area contributed by atoms with Crippen LogP contribution in [0.2, 0.25) is 0 Å². The van der Waals surface area contributed by atoms with E-state index in [4.69, 9.17) is 9.29 Å². The van der Waals surface area contributed by atoms with E-state index < -0.39 is 40.2 Å². The van der Waals surface area contributed by atoms with E-state index in [1.54, 1.807) is 38.4 Å². The first-order chi connectivity index (χ1) is 15.3. The van der Waals surface area contributed by atoms with E-state index in [-0.39, 0.29) is 32.0 Å². The molecule has 2 aliphatic heterocycles. The van der Waals surface area contributed by atoms with Crippen LogP contribution >= 0.6 is 11.3 Å². The van der Waals surface area contributed by atoms with Gasteiger partial charge in [0.05, 0.1) is 12.1 Å². The summed E-state index contributed by atoms with van der Waals surface area (Å²) in [4.78, 5) is 42.3. The van der Waals surface area contributed by atoms with Crippen LogP contribution in [-0.2, 0) is 24.2 Å². The molecule has 3 rings (SSSR count). The molecule has 4 amide bonds. The first-order valence-corrected chi connectivity index (χ1v) is 12.2. The van der Waals surface area contributed by atoms with Crippen LogP contribution in [0.1, 0.15) is 32.2 Å². The highest BCUT2D eigenvalue weighted by Gasteiger charge is 2.48. The van der Waals surface area contributed by atoms with E-state index in [1.807, 2.05) is 0 Å². The molecule has 3 N–H and O–H groups in total. The molecule has 1 fully saturated rings. The quantitative estimate of drug-likeness (QED) is 0.434. The highest BCUT2D eigenvalue weighted by molar-refractivity contribution is 7.80. The summed E-state index contributed by atoms with van der Waals surface area (Å²) in [6.45, 7) is 5.36. The van der Waals surface area contributed by atoms with Gasteiger partial charge in [-0.15, -0.1) is 15.6 Å². The Hall–Kier alpha value is -2.75. The average Bonchev–Trinajstić information content (AvgIpc) is 3.28. The van der Waals surface area contributed by atoms with Crippen LogP contribution in [0.15, 0.2) is 17.7 Å². The Kier molecular flexibility index (Phi) is 7.26. The van der Waals surface area contributed by atoms with Crippen LogP contribution in [0.5, 0.6) is 0 Å². The van der Waals surface area contributed by atoms with Crippen molar-refractivity contribution in [2.75, 3.05) is 19.6 Å². The molecule has 3 heterocycles. The lowest BCUT2D eigenvalue weighted by atomic mass is 9.99. The number of hydrogen-bond donors (Lipinski definition) is 3. The van der Waals surface area contributed by atoms with Crippen LogP contribution in [0.4, 0.5) is 9.59 Å². The Labute approximate surface area is 194 Å². The molecule has 182 valence electrons. The van der Waals surface area contributed by atoms with Gasteiger partial charge in [-0.3, -0.25) is 9.35 Å². The van der Waals surface area contributed by atoms with E-state index in [0.29, 0.717) is 15.6 Å². The van der Waals surface area contributed by atoms with Crippen LogP contribution in [-0.4, -0.2) is 83.3 Å². The summed E-state index contributed by atoms with van der Waals surface area (Å²) in [6, 6.07) is -2.17. The Morgan fingerprint density at radius 3 is 2.67 bits per heavy atom. The standard InChI is InChI=1S/C18H25N5O8S2/c1-18(2,3)30-16(25)20-5-4-14(24)21-9-13-12(15-19-6-7-32-15)8-11-10-22(13)17(26)23(11)31-33(27,28)29/h6-8,11,13H,4-5,9-10H2,1-3H3,(H,20,25)(H,21,24)(H,27,28,29)/t11-,13-/m1/s1. The van der Waals surface area contributed by atoms with E-state index in [2.05, 4.69) is 19.9 Å². The molecule has 0 unspecified atom stereocenters. The second kappa shape index (κ2) is 9.62. The lowest BCUT2D eigenvalue weighted by Gasteiger charge is -2.31. The van der Waals surface area contributed by atoms with Crippen molar-refractivity contribution < 1.29 is 36.4 Å². The first kappa shape index (κ1) is 24.9. The normalized spacial score (nSPS) is 20.5. The van der Waals surface area contributed by atoms with Crippen molar-refractivity contribution in [3.63, 3.8) is 0 Å². The minimum Gasteiger partial charge on any atom is -0.444 e. The number of aromatic nitrogens is 1. The summed E-state index contributed by atoms with van der Waals surface area (Å²) >= 11 is 1.32. The summed E-state index contributed by atoms with van der Waals surface area (Å²) in [6.07, 6.45) is 2.56. The van der Waals surface area contributed by atoms with Crippen molar-refractivity contribution in [3.05, 3.63) is 22.7 Å². The number of rotatable bonds is 8. The van der Waals surface area contributed by atoms with Crippen molar-refractivity contribution in [3.8, 4) is 0 Å². The molecule has 2 bridgehead atoms. The number of carbonyl (C=O) groups is 3. The van der Waals surface area contributed by atoms with Gasteiger partial charge in [-0.25, -0.2) is 14.6 Å². The van der Waals surface area contributed by atoms with Gasteiger partial charge < -0.3 is 20.3 Å². The molecule has 0 radical (unpaired) electrons. The zero-order valence-corrected chi connectivity index (χ0v) is 19.8. The average molecular weight is 504 g/mol. The second-order valence-electron chi connectivity index (χ2n) is 8.29. The van der Waals surface area contributed by atoms with E-state index in [9.17, 15) is 22.8 Å². The number of fused-ring (bicyclic) bond motifs is 2. The molecule has 33 heavy (non-hydrogen) atoms. The number of amides is 4. The fourth-order valence-electron chi connectivity index (χ4n) is 3.37. The van der Waals surface area contributed by atoms with Crippen LogP contribution in [0, 0.1) is 0 Å². The van der Waals surface area contributed by atoms with Crippen molar-refractivity contribution in [2.24, 2.45) is 0 Å². The highest BCUT2D eigenvalue weighted by Crippen LogP contribution is 2.35. The van der Waals surface area contributed by atoms with Gasteiger partial charge in [0.15, 0.2) is 0 Å². The number of alkyl carbamates (subject to hydrolysis) is 1. The number of nitrogens with zero attached hydrogens (tertiary/aromatic N) is 3. The third-order valence-electron chi connectivity index (χ3n) is 4.59. The Morgan fingerprint density at radius 2 is 2.06 bits per heavy atom. The molecule has 0 saturated carbocycles. The van der Waals surface area contributed by atoms with Gasteiger partial charge in [-0.1, -0.05) is 0 Å². The number of urea groups is 1. The van der Waals surface area contributed by atoms with Gasteiger partial charge in [0.1, 0.15) is 10.6 Å². The number of carbonyl (C=O) groups excluding carboxylic acids is 3. The van der Waals surface area contributed by atoms with Gasteiger partial charge in [0.2, 0.25) is 5.91 Å². The summed E-state index contributed by atoms with van der Waals surface area (Å²) in [5.74, 6) is -0.371. The molecular formula is C18H25N5O8S2. The summed E-state index contributed by atoms with van der Waals surface area (Å²) in [5, 5.41) is 8.12. The predicted octanol–water partition coefficient (Wildman–Crippen LogP) is 0.780. The minimum absolute atomic E-state index is 0.0170. The van der Waals surface area contributed by atoms with E-state index in [0.717, 1.165) is 0 Å². The summed E-state index contributed by atoms with van der Waals surface area (Å²) in [5.41, 5.74) is -0.0397. The zero-order chi connectivity index (χ0) is 24.4. The number of hydrogen-bond acceptors (Lipinski definition) is 9. The maximum Gasteiger partial charge on any atom is 0.418 e. The number of nitrogens with one attached hydrogen (secondary N) is 2. The van der Waals surface area contributed by atoms with Crippen molar-refractivity contribution >= 4 is 45.3 Å². The third kappa shape index (κ3) is 6.63. The van der Waals surface area contributed by atoms with Gasteiger partial charge in [-0.2, -0.15) is 13.5 Å². The Morgan fingerprint density at radius 1 is 1.33 bits per heavy atom. The van der Waals surface area contributed by atoms with Gasteiger partial charge in [0.25, 0.3) is 0 Å². The lowest BCUT2D eigenvalue weighted by Crippen LogP contribution is -2.47. The number of ether oxygens (including phenoxy) is 1. The van der Waals surface area contributed by atoms with Crippen LogP contribution in [0.25, 0.3) is 5.57 Å². The minimum atomic E-state index is -4.90. The molecule has 0 spiro atoms. The zero-order valence-electron chi connectivity index (χ0n) is 18.2. The molecule has 2 aliphatic rings. The van der Waals surface area contributed by atoms with Crippen molar-refractivity contribution in [1.82, 2.24) is 25.6 Å². The number of hydroxylamine groups is 2. The molecule has 1 aromatic rings. The monoisotopic (exact) mass is 503 g/mol. The van der Waals surface area contributed by atoms with Gasteiger partial charge >= 0.3 is 22.5 Å². The molecule has 2 atom stereocenters. The molecule has 13 nitrogen and oxygen atoms in total.